The van der Waals surface area contributed by atoms with Gasteiger partial charge in [-0.25, -0.2) is 4.79 Å². The number of aromatic amines is 2. The van der Waals surface area contributed by atoms with E-state index in [-0.39, 0.29) is 10.5 Å². The maximum Gasteiger partial charge on any atom is 0.323 e. The van der Waals surface area contributed by atoms with Crippen molar-refractivity contribution in [1.82, 2.24) is 9.97 Å². The van der Waals surface area contributed by atoms with Gasteiger partial charge in [0.15, 0.2) is 0 Å². The topological polar surface area (TPSA) is 48.6 Å². The van der Waals surface area contributed by atoms with E-state index in [1.165, 1.54) is 0 Å². The molecule has 2 N–H and O–H groups in total. The maximum atomic E-state index is 11.4. The van der Waals surface area contributed by atoms with Gasteiger partial charge in [-0.3, -0.25) is 0 Å². The Hall–Kier alpha value is -0.560. The van der Waals surface area contributed by atoms with Gasteiger partial charge in [-0.05, 0) is 35.4 Å². The van der Waals surface area contributed by atoms with Crippen molar-refractivity contribution in [2.24, 2.45) is 0 Å². The second-order valence-corrected chi connectivity index (χ2v) is 7.62. The molecule has 3 rings (SSSR count). The molecule has 0 saturated heterocycles. The summed E-state index contributed by atoms with van der Waals surface area (Å²) in [7, 11) is 0. The van der Waals surface area contributed by atoms with Crippen LogP contribution in [0.2, 0.25) is 5.02 Å². The molecule has 1 atom stereocenters. The first-order chi connectivity index (χ1) is 9.95. The molecule has 2 aromatic carbocycles. The number of hydrogen-bond acceptors (Lipinski definition) is 1. The maximum absolute atomic E-state index is 11.4. The third-order valence-electron chi connectivity index (χ3n) is 3.14. The number of aromatic nitrogens is 2. The van der Waals surface area contributed by atoms with Gasteiger partial charge >= 0.3 is 5.69 Å². The van der Waals surface area contributed by atoms with Gasteiger partial charge in [0, 0.05) is 14.0 Å². The molecule has 1 heterocycles. The van der Waals surface area contributed by atoms with Crippen molar-refractivity contribution in [2.75, 3.05) is 0 Å². The zero-order valence-electron chi connectivity index (χ0n) is 10.4. The molecule has 0 bridgehead atoms. The van der Waals surface area contributed by atoms with Crippen LogP contribution in [0, 0.1) is 0 Å². The van der Waals surface area contributed by atoms with Gasteiger partial charge in [0.05, 0.1) is 15.9 Å². The summed E-state index contributed by atoms with van der Waals surface area (Å²) in [5.41, 5.74) is 3.25. The average molecular weight is 495 g/mol. The van der Waals surface area contributed by atoms with Crippen molar-refractivity contribution in [2.45, 2.75) is 4.83 Å². The number of benzene rings is 2. The number of H-pyrrole nitrogens is 2. The molecule has 0 radical (unpaired) electrons. The third kappa shape index (κ3) is 2.99. The van der Waals surface area contributed by atoms with Gasteiger partial charge in [0.2, 0.25) is 0 Å². The molecule has 0 fully saturated rings. The fraction of sp³-hybridized carbons (Fsp3) is 0.0714. The van der Waals surface area contributed by atoms with Crippen molar-refractivity contribution >= 4 is 70.4 Å². The van der Waals surface area contributed by atoms with Crippen molar-refractivity contribution in [3.63, 3.8) is 0 Å². The van der Waals surface area contributed by atoms with Crippen LogP contribution in [0.3, 0.4) is 0 Å². The zero-order valence-corrected chi connectivity index (χ0v) is 15.9. The Morgan fingerprint density at radius 2 is 1.67 bits per heavy atom. The fourth-order valence-corrected chi connectivity index (χ4v) is 4.71. The molecule has 108 valence electrons. The van der Waals surface area contributed by atoms with Gasteiger partial charge in [-0.2, -0.15) is 0 Å². The largest absolute Gasteiger partial charge is 0.323 e. The van der Waals surface area contributed by atoms with Crippen LogP contribution in [-0.2, 0) is 0 Å². The molecule has 0 aliphatic carbocycles. The Balaban J connectivity index is 2.14. The van der Waals surface area contributed by atoms with Crippen molar-refractivity contribution in [1.29, 1.82) is 0 Å². The first-order valence-corrected chi connectivity index (χ1v) is 8.84. The van der Waals surface area contributed by atoms with Crippen LogP contribution in [0.25, 0.3) is 11.0 Å². The van der Waals surface area contributed by atoms with E-state index in [0.29, 0.717) is 5.02 Å². The molecule has 0 aliphatic rings. The highest BCUT2D eigenvalue weighted by atomic mass is 79.9. The van der Waals surface area contributed by atoms with E-state index in [4.69, 9.17) is 11.6 Å². The van der Waals surface area contributed by atoms with Gasteiger partial charge in [0.1, 0.15) is 0 Å². The number of alkyl halides is 1. The number of nitrogens with one attached hydrogen (secondary N) is 2. The summed E-state index contributed by atoms with van der Waals surface area (Å²) < 4.78 is 1.83. The Bertz CT molecular complexity index is 888. The van der Waals surface area contributed by atoms with Crippen molar-refractivity contribution in [3.05, 3.63) is 65.9 Å². The number of hydrogen-bond donors (Lipinski definition) is 2. The smallest absolute Gasteiger partial charge is 0.306 e. The van der Waals surface area contributed by atoms with E-state index in [9.17, 15) is 4.79 Å². The van der Waals surface area contributed by atoms with E-state index in [1.54, 1.807) is 0 Å². The summed E-state index contributed by atoms with van der Waals surface area (Å²) in [6.45, 7) is 0. The van der Waals surface area contributed by atoms with Crippen LogP contribution >= 0.6 is 59.4 Å². The summed E-state index contributed by atoms with van der Waals surface area (Å²) >= 11 is 16.9. The lowest BCUT2D eigenvalue weighted by Gasteiger charge is -2.14. The second-order valence-electron chi connectivity index (χ2n) is 4.53. The van der Waals surface area contributed by atoms with Crippen molar-refractivity contribution < 1.29 is 0 Å². The molecule has 7 heteroatoms. The fourth-order valence-electron chi connectivity index (χ4n) is 2.14. The molecule has 0 spiro atoms. The van der Waals surface area contributed by atoms with E-state index < -0.39 is 0 Å². The Kier molecular flexibility index (Phi) is 4.32. The van der Waals surface area contributed by atoms with Gasteiger partial charge in [-0.1, -0.05) is 65.5 Å². The summed E-state index contributed by atoms with van der Waals surface area (Å²) in [4.78, 5) is 16.8. The molecule has 0 amide bonds. The predicted molar refractivity (Wildman–Crippen MR) is 96.5 cm³/mol. The molecule has 1 aromatic heterocycles. The predicted octanol–water partition coefficient (Wildman–Crippen LogP) is 5.52. The minimum atomic E-state index is -0.221. The molecule has 1 unspecified atom stereocenters. The molecule has 0 aliphatic heterocycles. The van der Waals surface area contributed by atoms with Gasteiger partial charge in [-0.15, -0.1) is 0 Å². The SMILES string of the molecule is O=c1[nH]c2cc(Br)c(C(Br)c3ccc(Br)cc3Cl)cc2[nH]1. The number of rotatable bonds is 2. The summed E-state index contributed by atoms with van der Waals surface area (Å²) in [5.74, 6) is 0. The van der Waals surface area contributed by atoms with E-state index >= 15 is 0 Å². The van der Waals surface area contributed by atoms with Crippen LogP contribution in [-0.4, -0.2) is 9.97 Å². The molecule has 21 heavy (non-hydrogen) atoms. The first kappa shape index (κ1) is 15.3. The standard InChI is InChI=1S/C14H8Br3ClN2O/c15-6-1-2-7(10(18)3-6)13(17)8-4-11-12(5-9(8)16)20-14(21)19-11/h1-5,13H,(H2,19,20,21). The Labute approximate surface area is 150 Å². The quantitative estimate of drug-likeness (QED) is 0.452. The van der Waals surface area contributed by atoms with E-state index in [0.717, 1.165) is 31.1 Å². The third-order valence-corrected chi connectivity index (χ3v) is 5.64. The Morgan fingerprint density at radius 3 is 2.33 bits per heavy atom. The minimum absolute atomic E-state index is 0.0877. The summed E-state index contributed by atoms with van der Waals surface area (Å²) in [6, 6.07) is 9.57. The molecular formula is C14H8Br3ClN2O. The highest BCUT2D eigenvalue weighted by Crippen LogP contribution is 2.40. The van der Waals surface area contributed by atoms with Crippen LogP contribution in [0.5, 0.6) is 0 Å². The van der Waals surface area contributed by atoms with Crippen LogP contribution in [0.15, 0.2) is 44.1 Å². The average Bonchev–Trinajstić information content (AvgIpc) is 2.76. The van der Waals surface area contributed by atoms with Gasteiger partial charge in [0.25, 0.3) is 0 Å². The monoisotopic (exact) mass is 492 g/mol. The zero-order chi connectivity index (χ0) is 15.1. The minimum Gasteiger partial charge on any atom is -0.306 e. The number of imidazole rings is 1. The lowest BCUT2D eigenvalue weighted by Crippen LogP contribution is -1.99. The van der Waals surface area contributed by atoms with E-state index in [1.807, 2.05) is 30.3 Å². The second kappa shape index (κ2) is 5.91. The number of fused-ring (bicyclic) bond motifs is 1. The summed E-state index contributed by atoms with van der Waals surface area (Å²) in [6.07, 6.45) is 0. The molecule has 0 saturated carbocycles. The van der Waals surface area contributed by atoms with Crippen LogP contribution in [0.1, 0.15) is 16.0 Å². The lowest BCUT2D eigenvalue weighted by atomic mass is 10.0. The normalized spacial score (nSPS) is 12.8. The first-order valence-electron chi connectivity index (χ1n) is 5.96. The Morgan fingerprint density at radius 1 is 1.00 bits per heavy atom. The lowest BCUT2D eigenvalue weighted by molar-refractivity contribution is 1.17. The van der Waals surface area contributed by atoms with Crippen LogP contribution in [0.4, 0.5) is 0 Å². The highest BCUT2D eigenvalue weighted by Gasteiger charge is 2.18. The molecule has 3 aromatic rings. The number of halogens is 4. The van der Waals surface area contributed by atoms with Crippen LogP contribution < -0.4 is 5.69 Å². The van der Waals surface area contributed by atoms with E-state index in [2.05, 4.69) is 57.8 Å². The highest BCUT2D eigenvalue weighted by molar-refractivity contribution is 9.11. The molecular weight excluding hydrogens is 487 g/mol. The van der Waals surface area contributed by atoms with Gasteiger partial charge < -0.3 is 9.97 Å². The summed E-state index contributed by atoms with van der Waals surface area (Å²) in [5, 5.41) is 0.667. The van der Waals surface area contributed by atoms with Crippen molar-refractivity contribution in [3.8, 4) is 0 Å². The molecule has 3 nitrogen and oxygen atoms in total.